The van der Waals surface area contributed by atoms with Gasteiger partial charge in [-0.3, -0.25) is 0 Å². The van der Waals surface area contributed by atoms with Crippen LogP contribution in [-0.2, 0) is 4.74 Å². The summed E-state index contributed by atoms with van der Waals surface area (Å²) in [7, 11) is 1.93. The molecular weight excluding hydrogens is 269 g/mol. The normalized spacial score (nSPS) is 19.2. The molecule has 0 amide bonds. The van der Waals surface area contributed by atoms with Crippen molar-refractivity contribution in [3.05, 3.63) is 35.8 Å². The van der Waals surface area contributed by atoms with Crippen LogP contribution >= 0.6 is 0 Å². The molecule has 1 unspecified atom stereocenters. The Labute approximate surface area is 124 Å². The molecule has 114 valence electrons. The number of fused-ring (bicyclic) bond motifs is 1. The SMILES string of the molecule is CCOC1(C(NC)c2cc3cc(F)ccc3o2)CCCC1. The molecule has 1 atom stereocenters. The summed E-state index contributed by atoms with van der Waals surface area (Å²) >= 11 is 0. The number of nitrogens with one attached hydrogen (secondary N) is 1. The maximum atomic E-state index is 13.3. The van der Waals surface area contributed by atoms with Crippen LogP contribution in [0.5, 0.6) is 0 Å². The first-order valence-corrected chi connectivity index (χ1v) is 7.69. The Hall–Kier alpha value is -1.39. The van der Waals surface area contributed by atoms with Crippen LogP contribution in [0, 0.1) is 5.82 Å². The Morgan fingerprint density at radius 3 is 2.76 bits per heavy atom. The molecule has 1 aliphatic rings. The van der Waals surface area contributed by atoms with Gasteiger partial charge in [0.2, 0.25) is 0 Å². The molecule has 21 heavy (non-hydrogen) atoms. The monoisotopic (exact) mass is 291 g/mol. The molecule has 0 aliphatic heterocycles. The summed E-state index contributed by atoms with van der Waals surface area (Å²) in [5, 5.41) is 4.15. The van der Waals surface area contributed by atoms with Crippen molar-refractivity contribution in [2.75, 3.05) is 13.7 Å². The third-order valence-corrected chi connectivity index (χ3v) is 4.48. The molecule has 3 rings (SSSR count). The number of benzene rings is 1. The number of ether oxygens (including phenoxy) is 1. The summed E-state index contributed by atoms with van der Waals surface area (Å²) < 4.78 is 25.4. The van der Waals surface area contributed by atoms with Crippen molar-refractivity contribution < 1.29 is 13.5 Å². The molecule has 0 bridgehead atoms. The van der Waals surface area contributed by atoms with Crippen LogP contribution in [0.1, 0.15) is 44.4 Å². The lowest BCUT2D eigenvalue weighted by molar-refractivity contribution is -0.0651. The van der Waals surface area contributed by atoms with Gasteiger partial charge >= 0.3 is 0 Å². The predicted octanol–water partition coefficient (Wildman–Crippen LogP) is 4.18. The van der Waals surface area contributed by atoms with Crippen LogP contribution in [0.4, 0.5) is 4.39 Å². The maximum absolute atomic E-state index is 13.3. The number of furan rings is 1. The Morgan fingerprint density at radius 1 is 1.33 bits per heavy atom. The zero-order valence-corrected chi connectivity index (χ0v) is 12.6. The summed E-state index contributed by atoms with van der Waals surface area (Å²) in [6, 6.07) is 6.55. The molecule has 1 saturated carbocycles. The van der Waals surface area contributed by atoms with Crippen molar-refractivity contribution in [2.24, 2.45) is 0 Å². The first kappa shape index (κ1) is 14.5. The summed E-state index contributed by atoms with van der Waals surface area (Å²) in [6.45, 7) is 2.72. The van der Waals surface area contributed by atoms with Gasteiger partial charge in [-0.2, -0.15) is 0 Å². The largest absolute Gasteiger partial charge is 0.459 e. The van der Waals surface area contributed by atoms with Gasteiger partial charge in [-0.05, 0) is 51.1 Å². The second-order valence-corrected chi connectivity index (χ2v) is 5.76. The smallest absolute Gasteiger partial charge is 0.134 e. The van der Waals surface area contributed by atoms with E-state index in [9.17, 15) is 4.39 Å². The second kappa shape index (κ2) is 5.78. The van der Waals surface area contributed by atoms with Crippen molar-refractivity contribution in [2.45, 2.75) is 44.2 Å². The van der Waals surface area contributed by atoms with Gasteiger partial charge in [-0.15, -0.1) is 0 Å². The highest BCUT2D eigenvalue weighted by molar-refractivity contribution is 5.78. The highest BCUT2D eigenvalue weighted by atomic mass is 19.1. The summed E-state index contributed by atoms with van der Waals surface area (Å²) in [5.74, 6) is 0.588. The predicted molar refractivity (Wildman–Crippen MR) is 80.8 cm³/mol. The fourth-order valence-corrected chi connectivity index (χ4v) is 3.62. The Morgan fingerprint density at radius 2 is 2.10 bits per heavy atom. The van der Waals surface area contributed by atoms with Gasteiger partial charge in [0.05, 0.1) is 11.6 Å². The van der Waals surface area contributed by atoms with Crippen molar-refractivity contribution in [3.63, 3.8) is 0 Å². The van der Waals surface area contributed by atoms with Crippen LogP contribution in [0.2, 0.25) is 0 Å². The summed E-state index contributed by atoms with van der Waals surface area (Å²) in [6.07, 6.45) is 4.40. The molecule has 0 saturated heterocycles. The highest BCUT2D eigenvalue weighted by Crippen LogP contribution is 2.43. The lowest BCUT2D eigenvalue weighted by Crippen LogP contribution is -2.42. The molecule has 0 radical (unpaired) electrons. The maximum Gasteiger partial charge on any atom is 0.134 e. The van der Waals surface area contributed by atoms with E-state index in [2.05, 4.69) is 5.32 Å². The standard InChI is InChI=1S/C17H22FNO2/c1-3-20-17(8-4-5-9-17)16(19-2)15-11-12-10-13(18)6-7-14(12)21-15/h6-7,10-11,16,19H,3-5,8-9H2,1-2H3. The minimum absolute atomic E-state index is 0.00425. The molecule has 1 aromatic carbocycles. The molecule has 0 spiro atoms. The van der Waals surface area contributed by atoms with E-state index in [0.717, 1.165) is 29.6 Å². The van der Waals surface area contributed by atoms with Crippen LogP contribution in [-0.4, -0.2) is 19.3 Å². The first-order chi connectivity index (χ1) is 10.2. The first-order valence-electron chi connectivity index (χ1n) is 7.69. The van der Waals surface area contributed by atoms with E-state index >= 15 is 0 Å². The van der Waals surface area contributed by atoms with E-state index < -0.39 is 0 Å². The minimum atomic E-state index is -0.240. The lowest BCUT2D eigenvalue weighted by Gasteiger charge is -2.36. The summed E-state index contributed by atoms with van der Waals surface area (Å²) in [5.41, 5.74) is 0.506. The Bertz CT molecular complexity index is 616. The topological polar surface area (TPSA) is 34.4 Å². The average Bonchev–Trinajstić information content (AvgIpc) is 3.07. The third-order valence-electron chi connectivity index (χ3n) is 4.48. The van der Waals surface area contributed by atoms with Crippen LogP contribution in [0.3, 0.4) is 0 Å². The van der Waals surface area contributed by atoms with Crippen LogP contribution in [0.25, 0.3) is 11.0 Å². The number of hydrogen-bond acceptors (Lipinski definition) is 3. The zero-order chi connectivity index (χ0) is 14.9. The van der Waals surface area contributed by atoms with E-state index in [4.69, 9.17) is 9.15 Å². The van der Waals surface area contributed by atoms with E-state index in [1.807, 2.05) is 20.0 Å². The van der Waals surface area contributed by atoms with Crippen molar-refractivity contribution in [3.8, 4) is 0 Å². The zero-order valence-electron chi connectivity index (χ0n) is 12.6. The lowest BCUT2D eigenvalue weighted by atomic mass is 9.90. The fourth-order valence-electron chi connectivity index (χ4n) is 3.62. The molecule has 1 N–H and O–H groups in total. The molecule has 1 aliphatic carbocycles. The molecule has 2 aromatic rings. The number of halogens is 1. The Balaban J connectivity index is 2.00. The number of likely N-dealkylation sites (N-methyl/N-ethyl adjacent to an activating group) is 1. The average molecular weight is 291 g/mol. The summed E-state index contributed by atoms with van der Waals surface area (Å²) in [4.78, 5) is 0. The number of hydrogen-bond donors (Lipinski definition) is 1. The van der Waals surface area contributed by atoms with Crippen molar-refractivity contribution in [1.29, 1.82) is 0 Å². The second-order valence-electron chi connectivity index (χ2n) is 5.76. The third kappa shape index (κ3) is 2.58. The quantitative estimate of drug-likeness (QED) is 0.897. The van der Waals surface area contributed by atoms with Gasteiger partial charge < -0.3 is 14.5 Å². The molecule has 1 heterocycles. The van der Waals surface area contributed by atoms with E-state index in [1.54, 1.807) is 6.07 Å². The van der Waals surface area contributed by atoms with Gasteiger partial charge in [0, 0.05) is 12.0 Å². The molecular formula is C17H22FNO2. The van der Waals surface area contributed by atoms with Crippen LogP contribution < -0.4 is 5.32 Å². The van der Waals surface area contributed by atoms with E-state index in [-0.39, 0.29) is 17.5 Å². The molecule has 1 fully saturated rings. The van der Waals surface area contributed by atoms with Crippen LogP contribution in [0.15, 0.2) is 28.7 Å². The molecule has 3 nitrogen and oxygen atoms in total. The van der Waals surface area contributed by atoms with Gasteiger partial charge in [-0.1, -0.05) is 12.8 Å². The van der Waals surface area contributed by atoms with Crippen molar-refractivity contribution >= 4 is 11.0 Å². The molecule has 4 heteroatoms. The molecule has 1 aromatic heterocycles. The minimum Gasteiger partial charge on any atom is -0.459 e. The highest BCUT2D eigenvalue weighted by Gasteiger charge is 2.43. The van der Waals surface area contributed by atoms with Gasteiger partial charge in [0.15, 0.2) is 0 Å². The van der Waals surface area contributed by atoms with E-state index in [1.165, 1.54) is 25.0 Å². The fraction of sp³-hybridized carbons (Fsp3) is 0.529. The van der Waals surface area contributed by atoms with Gasteiger partial charge in [-0.25, -0.2) is 4.39 Å². The van der Waals surface area contributed by atoms with E-state index in [0.29, 0.717) is 6.61 Å². The van der Waals surface area contributed by atoms with Gasteiger partial charge in [0.25, 0.3) is 0 Å². The Kier molecular flexibility index (Phi) is 4.00. The number of rotatable bonds is 5. The van der Waals surface area contributed by atoms with Gasteiger partial charge in [0.1, 0.15) is 17.2 Å². The van der Waals surface area contributed by atoms with Crippen molar-refractivity contribution in [1.82, 2.24) is 5.32 Å².